The van der Waals surface area contributed by atoms with Gasteiger partial charge in [0.1, 0.15) is 12.1 Å². The van der Waals surface area contributed by atoms with Gasteiger partial charge in [0.05, 0.1) is 5.69 Å². The standard InChI is InChI=1S/C17H17N5/c1-3-11-7-8-13(9-12(11)4-1)20-16-14-5-2-6-15(14)21-17-18-10-19-22(16)17/h7-10,20H,1-6H2. The molecule has 0 saturated heterocycles. The van der Waals surface area contributed by atoms with Gasteiger partial charge in [-0.15, -0.1) is 0 Å². The Labute approximate surface area is 128 Å². The van der Waals surface area contributed by atoms with Crippen LogP contribution in [0.5, 0.6) is 0 Å². The van der Waals surface area contributed by atoms with Gasteiger partial charge in [0, 0.05) is 11.3 Å². The number of hydrogen-bond donors (Lipinski definition) is 1. The van der Waals surface area contributed by atoms with E-state index in [-0.39, 0.29) is 0 Å². The molecule has 0 radical (unpaired) electrons. The predicted octanol–water partition coefficient (Wildman–Crippen LogP) is 2.85. The average molecular weight is 291 g/mol. The summed E-state index contributed by atoms with van der Waals surface area (Å²) in [6, 6.07) is 6.71. The zero-order valence-electron chi connectivity index (χ0n) is 12.3. The van der Waals surface area contributed by atoms with Crippen LogP contribution in [0, 0.1) is 0 Å². The van der Waals surface area contributed by atoms with E-state index < -0.39 is 0 Å². The number of aromatic nitrogens is 4. The van der Waals surface area contributed by atoms with Crippen molar-refractivity contribution in [1.82, 2.24) is 19.6 Å². The number of rotatable bonds is 2. The molecule has 0 fully saturated rings. The molecular formula is C17H17N5. The minimum atomic E-state index is 0.685. The van der Waals surface area contributed by atoms with Gasteiger partial charge in [-0.25, -0.2) is 4.98 Å². The molecule has 0 amide bonds. The lowest BCUT2D eigenvalue weighted by Gasteiger charge is -2.13. The zero-order valence-corrected chi connectivity index (χ0v) is 12.3. The van der Waals surface area contributed by atoms with Crippen molar-refractivity contribution in [2.24, 2.45) is 0 Å². The fraction of sp³-hybridized carbons (Fsp3) is 0.353. The molecule has 1 aromatic carbocycles. The maximum absolute atomic E-state index is 4.63. The van der Waals surface area contributed by atoms with E-state index in [2.05, 4.69) is 38.6 Å². The van der Waals surface area contributed by atoms with Gasteiger partial charge in [-0.2, -0.15) is 14.6 Å². The number of nitrogens with one attached hydrogen (secondary N) is 1. The largest absolute Gasteiger partial charge is 0.340 e. The normalized spacial score (nSPS) is 16.0. The van der Waals surface area contributed by atoms with E-state index in [1.165, 1.54) is 41.6 Å². The first kappa shape index (κ1) is 12.1. The molecule has 3 aromatic rings. The van der Waals surface area contributed by atoms with Crippen molar-refractivity contribution >= 4 is 17.3 Å². The van der Waals surface area contributed by atoms with E-state index in [1.807, 2.05) is 4.52 Å². The Morgan fingerprint density at radius 3 is 2.91 bits per heavy atom. The molecule has 0 aliphatic heterocycles. The molecule has 110 valence electrons. The van der Waals surface area contributed by atoms with E-state index in [0.29, 0.717) is 5.78 Å². The van der Waals surface area contributed by atoms with Crippen LogP contribution in [0.15, 0.2) is 24.5 Å². The molecule has 0 unspecified atom stereocenters. The number of nitrogens with zero attached hydrogens (tertiary/aromatic N) is 4. The molecule has 5 rings (SSSR count). The SMILES string of the molecule is c1nc2nc3c(c(Nc4ccc5c(c4)CCC5)n2n1)CCC3. The first-order chi connectivity index (χ1) is 10.9. The van der Waals surface area contributed by atoms with Crippen LogP contribution in [0.4, 0.5) is 11.5 Å². The van der Waals surface area contributed by atoms with Gasteiger partial charge in [0.15, 0.2) is 0 Å². The Morgan fingerprint density at radius 2 is 1.91 bits per heavy atom. The molecule has 2 aromatic heterocycles. The summed E-state index contributed by atoms with van der Waals surface area (Å²) >= 11 is 0. The van der Waals surface area contributed by atoms with Crippen LogP contribution in [0.3, 0.4) is 0 Å². The maximum Gasteiger partial charge on any atom is 0.254 e. The van der Waals surface area contributed by atoms with Gasteiger partial charge in [0.25, 0.3) is 5.78 Å². The van der Waals surface area contributed by atoms with Gasteiger partial charge in [-0.05, 0) is 61.8 Å². The van der Waals surface area contributed by atoms with Gasteiger partial charge in [-0.3, -0.25) is 0 Å². The zero-order chi connectivity index (χ0) is 14.5. The first-order valence-corrected chi connectivity index (χ1v) is 7.99. The van der Waals surface area contributed by atoms with E-state index in [1.54, 1.807) is 6.33 Å². The lowest BCUT2D eigenvalue weighted by Crippen LogP contribution is -2.07. The summed E-state index contributed by atoms with van der Waals surface area (Å²) < 4.78 is 1.83. The minimum absolute atomic E-state index is 0.685. The number of fused-ring (bicyclic) bond motifs is 3. The molecule has 5 nitrogen and oxygen atoms in total. The minimum Gasteiger partial charge on any atom is -0.340 e. The second-order valence-corrected chi connectivity index (χ2v) is 6.17. The van der Waals surface area contributed by atoms with E-state index >= 15 is 0 Å². The van der Waals surface area contributed by atoms with Crippen LogP contribution in [-0.2, 0) is 25.7 Å². The highest BCUT2D eigenvalue weighted by atomic mass is 15.4. The summed E-state index contributed by atoms with van der Waals surface area (Å²) in [6.07, 6.45) is 8.52. The first-order valence-electron chi connectivity index (χ1n) is 7.99. The number of hydrogen-bond acceptors (Lipinski definition) is 4. The molecule has 2 aliphatic carbocycles. The Balaban J connectivity index is 1.63. The van der Waals surface area contributed by atoms with Crippen LogP contribution < -0.4 is 5.32 Å². The summed E-state index contributed by atoms with van der Waals surface area (Å²) in [6.45, 7) is 0. The average Bonchev–Trinajstić information content (AvgIpc) is 3.26. The fourth-order valence-corrected chi connectivity index (χ4v) is 3.74. The van der Waals surface area contributed by atoms with E-state index in [4.69, 9.17) is 0 Å². The highest BCUT2D eigenvalue weighted by Crippen LogP contribution is 2.31. The molecule has 0 bridgehead atoms. The van der Waals surface area contributed by atoms with Gasteiger partial charge >= 0.3 is 0 Å². The molecule has 22 heavy (non-hydrogen) atoms. The van der Waals surface area contributed by atoms with Crippen molar-refractivity contribution in [2.45, 2.75) is 38.5 Å². The van der Waals surface area contributed by atoms with Crippen molar-refractivity contribution in [3.63, 3.8) is 0 Å². The summed E-state index contributed by atoms with van der Waals surface area (Å²) in [5, 5.41) is 7.93. The highest BCUT2D eigenvalue weighted by Gasteiger charge is 2.21. The van der Waals surface area contributed by atoms with Crippen LogP contribution >= 0.6 is 0 Å². The van der Waals surface area contributed by atoms with Crippen LogP contribution in [0.25, 0.3) is 5.78 Å². The quantitative estimate of drug-likeness (QED) is 0.789. The lowest BCUT2D eigenvalue weighted by molar-refractivity contribution is 0.900. The van der Waals surface area contributed by atoms with Crippen LogP contribution in [0.2, 0.25) is 0 Å². The summed E-state index contributed by atoms with van der Waals surface area (Å²) in [4.78, 5) is 8.88. The summed E-state index contributed by atoms with van der Waals surface area (Å²) in [5.41, 5.74) is 6.57. The van der Waals surface area contributed by atoms with E-state index in [0.717, 1.165) is 30.8 Å². The lowest BCUT2D eigenvalue weighted by atomic mass is 10.1. The topological polar surface area (TPSA) is 55.1 Å². The number of aryl methyl sites for hydroxylation is 3. The van der Waals surface area contributed by atoms with Crippen molar-refractivity contribution < 1.29 is 0 Å². The third kappa shape index (κ3) is 1.75. The second kappa shape index (κ2) is 4.53. The molecule has 5 heteroatoms. The highest BCUT2D eigenvalue weighted by molar-refractivity contribution is 5.65. The Morgan fingerprint density at radius 1 is 1.00 bits per heavy atom. The fourth-order valence-electron chi connectivity index (χ4n) is 3.74. The maximum atomic E-state index is 4.63. The predicted molar refractivity (Wildman–Crippen MR) is 84.6 cm³/mol. The Bertz CT molecular complexity index is 880. The molecular weight excluding hydrogens is 274 g/mol. The molecule has 0 saturated carbocycles. The van der Waals surface area contributed by atoms with Gasteiger partial charge in [-0.1, -0.05) is 6.07 Å². The van der Waals surface area contributed by atoms with Crippen molar-refractivity contribution in [1.29, 1.82) is 0 Å². The van der Waals surface area contributed by atoms with Gasteiger partial charge < -0.3 is 5.32 Å². The van der Waals surface area contributed by atoms with E-state index in [9.17, 15) is 0 Å². The van der Waals surface area contributed by atoms with Gasteiger partial charge in [0.2, 0.25) is 0 Å². The van der Waals surface area contributed by atoms with Crippen molar-refractivity contribution in [2.75, 3.05) is 5.32 Å². The van der Waals surface area contributed by atoms with Crippen LogP contribution in [0.1, 0.15) is 35.2 Å². The monoisotopic (exact) mass is 291 g/mol. The van der Waals surface area contributed by atoms with Crippen molar-refractivity contribution in [3.8, 4) is 0 Å². The molecule has 2 heterocycles. The van der Waals surface area contributed by atoms with Crippen LogP contribution in [-0.4, -0.2) is 19.6 Å². The molecule has 0 atom stereocenters. The number of benzene rings is 1. The summed E-state index contributed by atoms with van der Waals surface area (Å²) in [5.74, 6) is 1.72. The smallest absolute Gasteiger partial charge is 0.254 e. The Kier molecular flexibility index (Phi) is 2.50. The second-order valence-electron chi connectivity index (χ2n) is 6.17. The molecule has 0 spiro atoms. The summed E-state index contributed by atoms with van der Waals surface area (Å²) in [7, 11) is 0. The Hall–Kier alpha value is -2.43. The van der Waals surface area contributed by atoms with Crippen molar-refractivity contribution in [3.05, 3.63) is 46.9 Å². The molecule has 1 N–H and O–H groups in total. The third-order valence-corrected chi connectivity index (χ3v) is 4.81. The third-order valence-electron chi connectivity index (χ3n) is 4.81. The number of anilines is 2. The molecule has 2 aliphatic rings.